The minimum atomic E-state index is -3.87. The van der Waals surface area contributed by atoms with Gasteiger partial charge in [0.15, 0.2) is 6.61 Å². The molecule has 2 aromatic rings. The van der Waals surface area contributed by atoms with Gasteiger partial charge in [0.2, 0.25) is 0 Å². The fourth-order valence-corrected chi connectivity index (χ4v) is 4.40. The van der Waals surface area contributed by atoms with Crippen LogP contribution in [0.3, 0.4) is 0 Å². The van der Waals surface area contributed by atoms with Gasteiger partial charge in [-0.1, -0.05) is 24.6 Å². The highest BCUT2D eigenvalue weighted by atomic mass is 32.2. The lowest BCUT2D eigenvalue weighted by Crippen LogP contribution is -2.30. The Kier molecular flexibility index (Phi) is 8.36. The normalized spacial score (nSPS) is 13.7. The van der Waals surface area contributed by atoms with Crippen molar-refractivity contribution in [2.75, 3.05) is 25.6 Å². The maximum atomic E-state index is 12.7. The lowest BCUT2D eigenvalue weighted by molar-refractivity contribution is -0.119. The van der Waals surface area contributed by atoms with Crippen molar-refractivity contribution in [3.63, 3.8) is 0 Å². The minimum Gasteiger partial charge on any atom is -0.465 e. The lowest BCUT2D eigenvalue weighted by atomic mass is 10.1. The molecule has 180 valence electrons. The first-order valence-electron chi connectivity index (χ1n) is 10.6. The SMILES string of the molecule is COC(=O)c1ccccc1C(=O)OCC(=O)Nc1cccc(S(=O)(=O)NC2=NCCCCC2)c1. The quantitative estimate of drug-likeness (QED) is 0.572. The number of methoxy groups -OCH3 is 1. The molecular formula is C23H25N3O7S. The fourth-order valence-electron chi connectivity index (χ4n) is 3.27. The standard InChI is InChI=1S/C23H25N3O7S/c1-32-22(28)18-10-4-5-11-19(18)23(29)33-15-21(27)25-16-8-7-9-17(14-16)34(30,31)26-20-12-3-2-6-13-24-20/h4-5,7-11,14H,2-3,6,12-13,15H2,1H3,(H,24,26)(H,25,27). The number of nitrogens with one attached hydrogen (secondary N) is 2. The van der Waals surface area contributed by atoms with Crippen LogP contribution in [0.4, 0.5) is 5.69 Å². The monoisotopic (exact) mass is 487 g/mol. The van der Waals surface area contributed by atoms with Crippen LogP contribution in [0.1, 0.15) is 46.4 Å². The van der Waals surface area contributed by atoms with Crippen molar-refractivity contribution < 1.29 is 32.3 Å². The Morgan fingerprint density at radius 3 is 2.44 bits per heavy atom. The van der Waals surface area contributed by atoms with Gasteiger partial charge in [-0.15, -0.1) is 0 Å². The van der Waals surface area contributed by atoms with E-state index in [1.165, 1.54) is 43.5 Å². The Balaban J connectivity index is 1.62. The number of amides is 1. The van der Waals surface area contributed by atoms with Crippen LogP contribution in [-0.2, 0) is 24.3 Å². The van der Waals surface area contributed by atoms with Gasteiger partial charge in [-0.05, 0) is 43.2 Å². The molecule has 2 aromatic carbocycles. The van der Waals surface area contributed by atoms with Crippen molar-refractivity contribution in [3.8, 4) is 0 Å². The number of benzene rings is 2. The zero-order valence-electron chi connectivity index (χ0n) is 18.6. The van der Waals surface area contributed by atoms with Crippen molar-refractivity contribution >= 4 is 39.4 Å². The van der Waals surface area contributed by atoms with Gasteiger partial charge in [-0.2, -0.15) is 0 Å². The van der Waals surface area contributed by atoms with Crippen molar-refractivity contribution in [1.82, 2.24) is 4.72 Å². The summed E-state index contributed by atoms with van der Waals surface area (Å²) < 4.78 is 37.6. The molecule has 0 aliphatic carbocycles. The van der Waals surface area contributed by atoms with Crippen molar-refractivity contribution in [2.45, 2.75) is 30.6 Å². The first-order valence-corrected chi connectivity index (χ1v) is 12.1. The maximum absolute atomic E-state index is 12.7. The third kappa shape index (κ3) is 6.64. The molecule has 1 aliphatic rings. The number of ether oxygens (including phenoxy) is 2. The molecule has 34 heavy (non-hydrogen) atoms. The number of hydrogen-bond acceptors (Lipinski definition) is 8. The Hall–Kier alpha value is -3.73. The van der Waals surface area contributed by atoms with Crippen LogP contribution in [0, 0.1) is 0 Å². The van der Waals surface area contributed by atoms with E-state index in [-0.39, 0.29) is 21.7 Å². The number of esters is 2. The van der Waals surface area contributed by atoms with Crippen molar-refractivity contribution in [3.05, 3.63) is 59.7 Å². The molecule has 1 amide bonds. The number of carbonyl (C=O) groups is 3. The number of anilines is 1. The van der Waals surface area contributed by atoms with Gasteiger partial charge < -0.3 is 14.8 Å². The van der Waals surface area contributed by atoms with E-state index in [0.717, 1.165) is 19.3 Å². The largest absolute Gasteiger partial charge is 0.465 e. The molecular weight excluding hydrogens is 462 g/mol. The van der Waals surface area contributed by atoms with Crippen LogP contribution in [0.25, 0.3) is 0 Å². The van der Waals surface area contributed by atoms with E-state index in [4.69, 9.17) is 4.74 Å². The molecule has 0 aromatic heterocycles. The van der Waals surface area contributed by atoms with Gasteiger partial charge in [0.1, 0.15) is 5.84 Å². The second kappa shape index (κ2) is 11.4. The van der Waals surface area contributed by atoms with E-state index < -0.39 is 34.5 Å². The zero-order chi connectivity index (χ0) is 24.6. The van der Waals surface area contributed by atoms with E-state index in [1.807, 2.05) is 0 Å². The molecule has 0 atom stereocenters. The van der Waals surface area contributed by atoms with Gasteiger partial charge >= 0.3 is 11.9 Å². The molecule has 3 rings (SSSR count). The molecule has 0 fully saturated rings. The highest BCUT2D eigenvalue weighted by Gasteiger charge is 2.20. The predicted molar refractivity (Wildman–Crippen MR) is 124 cm³/mol. The third-order valence-corrected chi connectivity index (χ3v) is 6.32. The first kappa shape index (κ1) is 24.9. The summed E-state index contributed by atoms with van der Waals surface area (Å²) in [4.78, 5) is 40.6. The molecule has 11 heteroatoms. The summed E-state index contributed by atoms with van der Waals surface area (Å²) in [7, 11) is -2.69. The topological polar surface area (TPSA) is 140 Å². The molecule has 0 unspecified atom stereocenters. The van der Waals surface area contributed by atoms with Crippen LogP contribution in [0.5, 0.6) is 0 Å². The summed E-state index contributed by atoms with van der Waals surface area (Å²) in [5.41, 5.74) is 0.184. The Morgan fingerprint density at radius 1 is 0.971 bits per heavy atom. The average molecular weight is 488 g/mol. The third-order valence-electron chi connectivity index (χ3n) is 4.94. The van der Waals surface area contributed by atoms with E-state index in [1.54, 1.807) is 12.1 Å². The predicted octanol–water partition coefficient (Wildman–Crippen LogP) is 2.52. The molecule has 0 saturated carbocycles. The van der Waals surface area contributed by atoms with Gasteiger partial charge in [-0.25, -0.2) is 18.0 Å². The lowest BCUT2D eigenvalue weighted by Gasteiger charge is -2.12. The Bertz CT molecular complexity index is 1210. The maximum Gasteiger partial charge on any atom is 0.339 e. The zero-order valence-corrected chi connectivity index (χ0v) is 19.4. The molecule has 2 N–H and O–H groups in total. The number of sulfonamides is 1. The molecule has 0 radical (unpaired) electrons. The second-order valence-electron chi connectivity index (χ2n) is 7.43. The summed E-state index contributed by atoms with van der Waals surface area (Å²) in [5.74, 6) is -1.84. The summed E-state index contributed by atoms with van der Waals surface area (Å²) in [6.45, 7) is -0.0584. The summed E-state index contributed by atoms with van der Waals surface area (Å²) in [5, 5.41) is 2.49. The van der Waals surface area contributed by atoms with Gasteiger partial charge in [0, 0.05) is 18.7 Å². The molecule has 0 spiro atoms. The molecule has 0 bridgehead atoms. The summed E-state index contributed by atoms with van der Waals surface area (Å²) in [6, 6.07) is 11.6. The second-order valence-corrected chi connectivity index (χ2v) is 9.12. The first-order chi connectivity index (χ1) is 16.3. The number of carbonyl (C=O) groups excluding carboxylic acids is 3. The van der Waals surface area contributed by atoms with Crippen LogP contribution in [0.15, 0.2) is 58.4 Å². The fraction of sp³-hybridized carbons (Fsp3) is 0.304. The molecule has 1 aliphatic heterocycles. The molecule has 10 nitrogen and oxygen atoms in total. The molecule has 0 saturated heterocycles. The number of hydrogen-bond donors (Lipinski definition) is 2. The number of rotatable bonds is 7. The van der Waals surface area contributed by atoms with Crippen LogP contribution >= 0.6 is 0 Å². The summed E-state index contributed by atoms with van der Waals surface area (Å²) >= 11 is 0. The Morgan fingerprint density at radius 2 is 1.71 bits per heavy atom. The highest BCUT2D eigenvalue weighted by Crippen LogP contribution is 2.17. The number of nitrogens with zero attached hydrogens (tertiary/aromatic N) is 1. The minimum absolute atomic E-state index is 0.0130. The van der Waals surface area contributed by atoms with Crippen LogP contribution < -0.4 is 10.0 Å². The summed E-state index contributed by atoms with van der Waals surface area (Å²) in [6.07, 6.45) is 3.33. The smallest absolute Gasteiger partial charge is 0.339 e. The van der Waals surface area contributed by atoms with E-state index in [0.29, 0.717) is 18.8 Å². The Labute approximate surface area is 197 Å². The van der Waals surface area contributed by atoms with Gasteiger partial charge in [0.25, 0.3) is 15.9 Å². The number of aliphatic imine (C=N–C) groups is 1. The average Bonchev–Trinajstić information content (AvgIpc) is 3.10. The van der Waals surface area contributed by atoms with Crippen LogP contribution in [-0.4, -0.2) is 52.4 Å². The molecule has 1 heterocycles. The van der Waals surface area contributed by atoms with Crippen molar-refractivity contribution in [2.24, 2.45) is 4.99 Å². The highest BCUT2D eigenvalue weighted by molar-refractivity contribution is 7.90. The van der Waals surface area contributed by atoms with E-state index in [2.05, 4.69) is 19.8 Å². The van der Waals surface area contributed by atoms with Gasteiger partial charge in [-0.3, -0.25) is 14.5 Å². The van der Waals surface area contributed by atoms with E-state index in [9.17, 15) is 22.8 Å². The van der Waals surface area contributed by atoms with E-state index >= 15 is 0 Å². The number of amidine groups is 1. The van der Waals surface area contributed by atoms with Crippen molar-refractivity contribution in [1.29, 1.82) is 0 Å². The van der Waals surface area contributed by atoms with Crippen LogP contribution in [0.2, 0.25) is 0 Å². The van der Waals surface area contributed by atoms with Gasteiger partial charge in [0.05, 0.1) is 23.1 Å².